The molecule has 1 amide bonds. The first-order valence-corrected chi connectivity index (χ1v) is 8.10. The summed E-state index contributed by atoms with van der Waals surface area (Å²) in [7, 11) is -3.64. The average Bonchev–Trinajstić information content (AvgIpc) is 2.47. The van der Waals surface area contributed by atoms with E-state index in [0.717, 1.165) is 0 Å². The smallest absolute Gasteiger partial charge is 0.243 e. The molecule has 0 radical (unpaired) electrons. The lowest BCUT2D eigenvalue weighted by atomic mass is 9.98. The molecule has 0 aliphatic carbocycles. The summed E-state index contributed by atoms with van der Waals surface area (Å²) in [6.45, 7) is 2.24. The molecule has 2 N–H and O–H groups in total. The molecule has 1 saturated heterocycles. The number of amides is 1. The van der Waals surface area contributed by atoms with E-state index in [-0.39, 0.29) is 29.8 Å². The van der Waals surface area contributed by atoms with Crippen LogP contribution in [0.1, 0.15) is 24.0 Å². The van der Waals surface area contributed by atoms with Crippen molar-refractivity contribution in [1.29, 1.82) is 5.26 Å². The van der Waals surface area contributed by atoms with Crippen LogP contribution in [0.25, 0.3) is 0 Å². The van der Waals surface area contributed by atoms with E-state index in [0.29, 0.717) is 24.0 Å². The van der Waals surface area contributed by atoms with Crippen molar-refractivity contribution in [3.05, 3.63) is 29.3 Å². The number of rotatable bonds is 3. The predicted octanol–water partition coefficient (Wildman–Crippen LogP) is 0.753. The van der Waals surface area contributed by atoms with Crippen molar-refractivity contribution in [3.63, 3.8) is 0 Å². The number of nitrogens with two attached hydrogens (primary N) is 1. The van der Waals surface area contributed by atoms with Gasteiger partial charge < -0.3 is 5.73 Å². The Morgan fingerprint density at radius 2 is 2.00 bits per heavy atom. The van der Waals surface area contributed by atoms with Gasteiger partial charge in [-0.2, -0.15) is 9.57 Å². The van der Waals surface area contributed by atoms with Crippen LogP contribution in [0.5, 0.6) is 0 Å². The quantitative estimate of drug-likeness (QED) is 0.889. The van der Waals surface area contributed by atoms with Gasteiger partial charge in [0, 0.05) is 19.0 Å². The summed E-state index contributed by atoms with van der Waals surface area (Å²) in [6.07, 6.45) is 0.872. The summed E-state index contributed by atoms with van der Waals surface area (Å²) in [5.74, 6) is -0.641. The Labute approximate surface area is 124 Å². The van der Waals surface area contributed by atoms with Crippen LogP contribution in [0.15, 0.2) is 23.1 Å². The van der Waals surface area contributed by atoms with Gasteiger partial charge in [0.2, 0.25) is 15.9 Å². The zero-order chi connectivity index (χ0) is 15.6. The third-order valence-electron chi connectivity index (χ3n) is 3.79. The zero-order valence-electron chi connectivity index (χ0n) is 11.7. The number of benzene rings is 1. The number of piperidine rings is 1. The molecular weight excluding hydrogens is 290 g/mol. The van der Waals surface area contributed by atoms with Gasteiger partial charge in [0.05, 0.1) is 16.5 Å². The summed E-state index contributed by atoms with van der Waals surface area (Å²) in [6, 6.07) is 6.56. The summed E-state index contributed by atoms with van der Waals surface area (Å²) < 4.78 is 26.7. The van der Waals surface area contributed by atoms with Gasteiger partial charge in [0.15, 0.2) is 0 Å². The Morgan fingerprint density at radius 3 is 2.52 bits per heavy atom. The van der Waals surface area contributed by atoms with E-state index in [1.54, 1.807) is 19.1 Å². The molecule has 1 aliphatic heterocycles. The molecule has 0 aromatic heterocycles. The highest BCUT2D eigenvalue weighted by molar-refractivity contribution is 7.89. The van der Waals surface area contributed by atoms with Crippen LogP contribution in [0, 0.1) is 24.2 Å². The Hall–Kier alpha value is -1.91. The number of sulfonamides is 1. The lowest BCUT2D eigenvalue weighted by Gasteiger charge is -2.30. The number of carbonyl (C=O) groups is 1. The minimum Gasteiger partial charge on any atom is -0.369 e. The first-order chi connectivity index (χ1) is 9.86. The van der Waals surface area contributed by atoms with E-state index >= 15 is 0 Å². The third kappa shape index (κ3) is 3.06. The minimum absolute atomic E-state index is 0.152. The summed E-state index contributed by atoms with van der Waals surface area (Å²) in [5.41, 5.74) is 6.17. The topological polar surface area (TPSA) is 104 Å². The van der Waals surface area contributed by atoms with Crippen molar-refractivity contribution in [2.75, 3.05) is 13.1 Å². The highest BCUT2D eigenvalue weighted by Crippen LogP contribution is 2.26. The summed E-state index contributed by atoms with van der Waals surface area (Å²) in [4.78, 5) is 11.3. The Morgan fingerprint density at radius 1 is 1.38 bits per heavy atom. The maximum absolute atomic E-state index is 12.7. The van der Waals surface area contributed by atoms with E-state index in [1.807, 2.05) is 6.07 Å². The number of primary amides is 1. The van der Waals surface area contributed by atoms with Gasteiger partial charge >= 0.3 is 0 Å². The number of hydrogen-bond donors (Lipinski definition) is 1. The fraction of sp³-hybridized carbons (Fsp3) is 0.429. The maximum Gasteiger partial charge on any atom is 0.243 e. The summed E-state index contributed by atoms with van der Waals surface area (Å²) in [5, 5.41) is 8.91. The first kappa shape index (κ1) is 15.5. The molecule has 0 bridgehead atoms. The molecule has 0 saturated carbocycles. The fourth-order valence-electron chi connectivity index (χ4n) is 2.47. The lowest BCUT2D eigenvalue weighted by molar-refractivity contribution is -0.122. The van der Waals surface area contributed by atoms with Crippen LogP contribution in [-0.4, -0.2) is 31.7 Å². The molecule has 1 aromatic carbocycles. The van der Waals surface area contributed by atoms with Crippen LogP contribution in [0.4, 0.5) is 0 Å². The van der Waals surface area contributed by atoms with Crippen LogP contribution in [0.3, 0.4) is 0 Å². The molecule has 2 rings (SSSR count). The third-order valence-corrected chi connectivity index (χ3v) is 5.83. The van der Waals surface area contributed by atoms with Crippen molar-refractivity contribution < 1.29 is 13.2 Å². The standard InChI is InChI=1S/C14H17N3O3S/c1-10-2-3-11(9-15)8-13(10)21(19,20)17-6-4-12(5-7-17)14(16)18/h2-3,8,12H,4-7H2,1H3,(H2,16,18). The highest BCUT2D eigenvalue weighted by Gasteiger charge is 2.32. The number of aryl methyl sites for hydroxylation is 1. The first-order valence-electron chi connectivity index (χ1n) is 6.66. The molecule has 112 valence electrons. The van der Waals surface area contributed by atoms with Crippen LogP contribution < -0.4 is 5.73 Å². The molecule has 6 nitrogen and oxygen atoms in total. The second-order valence-electron chi connectivity index (χ2n) is 5.17. The normalized spacial score (nSPS) is 17.3. The van der Waals surface area contributed by atoms with Crippen LogP contribution in [-0.2, 0) is 14.8 Å². The lowest BCUT2D eigenvalue weighted by Crippen LogP contribution is -2.41. The second kappa shape index (κ2) is 5.84. The molecule has 21 heavy (non-hydrogen) atoms. The Bertz CT molecular complexity index is 699. The van der Waals surface area contributed by atoms with Crippen LogP contribution in [0.2, 0.25) is 0 Å². The minimum atomic E-state index is -3.64. The highest BCUT2D eigenvalue weighted by atomic mass is 32.2. The maximum atomic E-state index is 12.7. The number of carbonyl (C=O) groups excluding carboxylic acids is 1. The molecule has 0 atom stereocenters. The van der Waals surface area contributed by atoms with Gasteiger partial charge in [-0.25, -0.2) is 8.42 Å². The average molecular weight is 307 g/mol. The SMILES string of the molecule is Cc1ccc(C#N)cc1S(=O)(=O)N1CCC(C(N)=O)CC1. The second-order valence-corrected chi connectivity index (χ2v) is 7.08. The Kier molecular flexibility index (Phi) is 4.30. The van der Waals surface area contributed by atoms with Gasteiger partial charge in [-0.3, -0.25) is 4.79 Å². The molecule has 1 fully saturated rings. The molecule has 1 heterocycles. The number of hydrogen-bond acceptors (Lipinski definition) is 4. The monoisotopic (exact) mass is 307 g/mol. The molecule has 1 aromatic rings. The molecule has 1 aliphatic rings. The largest absolute Gasteiger partial charge is 0.369 e. The van der Waals surface area contributed by atoms with Gasteiger partial charge in [0.25, 0.3) is 0 Å². The van der Waals surface area contributed by atoms with Gasteiger partial charge in [-0.1, -0.05) is 6.07 Å². The molecule has 0 spiro atoms. The van der Waals surface area contributed by atoms with E-state index in [2.05, 4.69) is 0 Å². The van der Waals surface area contributed by atoms with E-state index in [4.69, 9.17) is 11.0 Å². The van der Waals surface area contributed by atoms with Gasteiger partial charge in [-0.15, -0.1) is 0 Å². The number of nitrogens with zero attached hydrogens (tertiary/aromatic N) is 2. The molecule has 0 unspecified atom stereocenters. The van der Waals surface area contributed by atoms with E-state index in [9.17, 15) is 13.2 Å². The van der Waals surface area contributed by atoms with Crippen molar-refractivity contribution in [2.45, 2.75) is 24.7 Å². The van der Waals surface area contributed by atoms with E-state index < -0.39 is 10.0 Å². The van der Waals surface area contributed by atoms with Crippen molar-refractivity contribution in [2.24, 2.45) is 11.7 Å². The van der Waals surface area contributed by atoms with Gasteiger partial charge in [-0.05, 0) is 37.5 Å². The van der Waals surface area contributed by atoms with Crippen molar-refractivity contribution in [1.82, 2.24) is 4.31 Å². The van der Waals surface area contributed by atoms with Crippen molar-refractivity contribution in [3.8, 4) is 6.07 Å². The molecule has 7 heteroatoms. The van der Waals surface area contributed by atoms with E-state index in [1.165, 1.54) is 10.4 Å². The zero-order valence-corrected chi connectivity index (χ0v) is 12.6. The Balaban J connectivity index is 2.28. The van der Waals surface area contributed by atoms with Crippen LogP contribution >= 0.6 is 0 Å². The van der Waals surface area contributed by atoms with Gasteiger partial charge in [0.1, 0.15) is 0 Å². The van der Waals surface area contributed by atoms with Crippen molar-refractivity contribution >= 4 is 15.9 Å². The summed E-state index contributed by atoms with van der Waals surface area (Å²) >= 11 is 0. The number of nitriles is 1. The molecular formula is C14H17N3O3S. The fourth-order valence-corrected chi connectivity index (χ4v) is 4.19. The predicted molar refractivity (Wildman–Crippen MR) is 76.6 cm³/mol.